The van der Waals surface area contributed by atoms with Gasteiger partial charge in [-0.15, -0.1) is 10.2 Å². The summed E-state index contributed by atoms with van der Waals surface area (Å²) in [6, 6.07) is 5.60. The predicted octanol–water partition coefficient (Wildman–Crippen LogP) is 2.86. The Bertz CT molecular complexity index is 959. The lowest BCUT2D eigenvalue weighted by atomic mass is 9.84. The summed E-state index contributed by atoms with van der Waals surface area (Å²) in [7, 11) is 3.21. The van der Waals surface area contributed by atoms with Gasteiger partial charge in [-0.2, -0.15) is 0 Å². The topological polar surface area (TPSA) is 95.0 Å². The first kappa shape index (κ1) is 15.6. The molecule has 25 heavy (non-hydrogen) atoms. The van der Waals surface area contributed by atoms with E-state index in [4.69, 9.17) is 25.8 Å². The van der Waals surface area contributed by atoms with E-state index >= 15 is 0 Å². The number of fused-ring (bicyclic) bond motifs is 2. The highest BCUT2D eigenvalue weighted by Gasteiger charge is 2.37. The van der Waals surface area contributed by atoms with Crippen LogP contribution in [0.25, 0.3) is 0 Å². The summed E-state index contributed by atoms with van der Waals surface area (Å²) in [4.78, 5) is 0. The van der Waals surface area contributed by atoms with Crippen LogP contribution in [0.3, 0.4) is 0 Å². The van der Waals surface area contributed by atoms with Crippen molar-refractivity contribution in [2.24, 2.45) is 0 Å². The summed E-state index contributed by atoms with van der Waals surface area (Å²) >= 11 is 6.34. The minimum atomic E-state index is -0.311. The number of halogens is 1. The van der Waals surface area contributed by atoms with Crippen LogP contribution in [0.5, 0.6) is 23.3 Å². The second-order valence-electron chi connectivity index (χ2n) is 5.51. The summed E-state index contributed by atoms with van der Waals surface area (Å²) in [5.74, 6) is 1.74. The molecule has 0 bridgehead atoms. The molecule has 0 radical (unpaired) electrons. The lowest BCUT2D eigenvalue weighted by molar-refractivity contribution is 0.385. The number of methoxy groups -OCH3 is 2. The third-order valence-electron chi connectivity index (χ3n) is 4.20. The van der Waals surface area contributed by atoms with Gasteiger partial charge < -0.3 is 14.2 Å². The molecule has 128 valence electrons. The summed E-state index contributed by atoms with van der Waals surface area (Å²) in [5.41, 5.74) is 3.21. The quantitative estimate of drug-likeness (QED) is 0.600. The van der Waals surface area contributed by atoms with Gasteiger partial charge >= 0.3 is 0 Å². The molecule has 1 atom stereocenters. The number of nitrogens with zero attached hydrogens (tertiary/aromatic N) is 4. The molecule has 1 unspecified atom stereocenters. The Morgan fingerprint density at radius 2 is 1.96 bits per heavy atom. The summed E-state index contributed by atoms with van der Waals surface area (Å²) in [6.45, 7) is 1.92. The zero-order chi connectivity index (χ0) is 17.6. The van der Waals surface area contributed by atoms with Crippen LogP contribution in [0.1, 0.15) is 28.3 Å². The number of aryl methyl sites for hydroxylation is 1. The first-order valence-corrected chi connectivity index (χ1v) is 7.85. The van der Waals surface area contributed by atoms with Gasteiger partial charge in [-0.05, 0) is 18.2 Å². The highest BCUT2D eigenvalue weighted by atomic mass is 35.5. The second kappa shape index (κ2) is 5.89. The summed E-state index contributed by atoms with van der Waals surface area (Å²) in [5, 5.41) is 18.8. The highest BCUT2D eigenvalue weighted by Crippen LogP contribution is 2.50. The van der Waals surface area contributed by atoms with Gasteiger partial charge in [-0.25, -0.2) is 0 Å². The van der Waals surface area contributed by atoms with Crippen LogP contribution in [0.4, 0.5) is 0 Å². The third-order valence-corrected chi connectivity index (χ3v) is 4.48. The van der Waals surface area contributed by atoms with E-state index in [2.05, 4.69) is 25.6 Å². The minimum Gasteiger partial charge on any atom is -0.497 e. The average molecular weight is 360 g/mol. The summed E-state index contributed by atoms with van der Waals surface area (Å²) < 4.78 is 16.6. The SMILES string of the molecule is COc1ccc(C2c3c(Cl)nnnc3Oc3n[nH]c(C)c32)c(OC)c1. The molecule has 0 saturated carbocycles. The van der Waals surface area contributed by atoms with Gasteiger partial charge in [0.05, 0.1) is 25.7 Å². The molecule has 1 N–H and O–H groups in total. The molecule has 0 fully saturated rings. The highest BCUT2D eigenvalue weighted by molar-refractivity contribution is 6.30. The Kier molecular flexibility index (Phi) is 3.69. The van der Waals surface area contributed by atoms with Crippen LogP contribution in [-0.2, 0) is 0 Å². The maximum absolute atomic E-state index is 6.34. The van der Waals surface area contributed by atoms with E-state index in [-0.39, 0.29) is 17.0 Å². The van der Waals surface area contributed by atoms with Crippen molar-refractivity contribution in [2.75, 3.05) is 14.2 Å². The number of aromatic amines is 1. The smallest absolute Gasteiger partial charge is 0.249 e. The van der Waals surface area contributed by atoms with Gasteiger partial charge in [0.15, 0.2) is 5.15 Å². The van der Waals surface area contributed by atoms with E-state index in [1.165, 1.54) is 0 Å². The molecule has 1 aliphatic heterocycles. The van der Waals surface area contributed by atoms with E-state index in [0.29, 0.717) is 22.9 Å². The Morgan fingerprint density at radius 3 is 2.72 bits per heavy atom. The van der Waals surface area contributed by atoms with Crippen LogP contribution in [0, 0.1) is 6.92 Å². The Labute approximate surface area is 148 Å². The molecule has 0 amide bonds. The van der Waals surface area contributed by atoms with Crippen LogP contribution < -0.4 is 14.2 Å². The van der Waals surface area contributed by atoms with E-state index in [9.17, 15) is 0 Å². The second-order valence-corrected chi connectivity index (χ2v) is 5.87. The molecular formula is C16H14ClN5O3. The Morgan fingerprint density at radius 1 is 1.12 bits per heavy atom. The fourth-order valence-electron chi connectivity index (χ4n) is 3.05. The van der Waals surface area contributed by atoms with E-state index in [1.54, 1.807) is 14.2 Å². The molecule has 1 aliphatic rings. The first-order valence-electron chi connectivity index (χ1n) is 7.47. The van der Waals surface area contributed by atoms with E-state index in [1.807, 2.05) is 25.1 Å². The number of H-pyrrole nitrogens is 1. The van der Waals surface area contributed by atoms with Gasteiger partial charge in [0, 0.05) is 22.9 Å². The van der Waals surface area contributed by atoms with Gasteiger partial charge in [0.1, 0.15) is 11.5 Å². The van der Waals surface area contributed by atoms with E-state index < -0.39 is 0 Å². The molecule has 3 aromatic rings. The number of hydrogen-bond acceptors (Lipinski definition) is 7. The molecular weight excluding hydrogens is 346 g/mol. The van der Waals surface area contributed by atoms with Crippen LogP contribution in [0.15, 0.2) is 18.2 Å². The molecule has 1 aromatic carbocycles. The van der Waals surface area contributed by atoms with Crippen molar-refractivity contribution in [3.8, 4) is 23.3 Å². The molecule has 0 aliphatic carbocycles. The predicted molar refractivity (Wildman–Crippen MR) is 88.7 cm³/mol. The molecule has 2 aromatic heterocycles. The average Bonchev–Trinajstić information content (AvgIpc) is 3.00. The number of ether oxygens (including phenoxy) is 3. The lowest BCUT2D eigenvalue weighted by Gasteiger charge is -2.26. The Hall–Kier alpha value is -2.87. The van der Waals surface area contributed by atoms with Crippen molar-refractivity contribution in [3.63, 3.8) is 0 Å². The van der Waals surface area contributed by atoms with Crippen molar-refractivity contribution in [2.45, 2.75) is 12.8 Å². The fraction of sp³-hybridized carbons (Fsp3) is 0.250. The number of hydrogen-bond donors (Lipinski definition) is 1. The third kappa shape index (κ3) is 2.37. The van der Waals surface area contributed by atoms with Gasteiger partial charge in [0.25, 0.3) is 0 Å². The first-order chi connectivity index (χ1) is 12.1. The number of nitrogens with one attached hydrogen (secondary N) is 1. The molecule has 4 rings (SSSR count). The monoisotopic (exact) mass is 359 g/mol. The van der Waals surface area contributed by atoms with Crippen molar-refractivity contribution in [1.29, 1.82) is 0 Å². The molecule has 3 heterocycles. The van der Waals surface area contributed by atoms with Crippen LogP contribution in [-0.4, -0.2) is 39.8 Å². The minimum absolute atomic E-state index is 0.221. The van der Waals surface area contributed by atoms with Crippen molar-refractivity contribution >= 4 is 11.6 Å². The Balaban J connectivity index is 2.00. The number of rotatable bonds is 3. The van der Waals surface area contributed by atoms with Crippen LogP contribution in [0.2, 0.25) is 5.15 Å². The maximum atomic E-state index is 6.34. The van der Waals surface area contributed by atoms with E-state index in [0.717, 1.165) is 16.8 Å². The normalized spacial score (nSPS) is 15.1. The lowest BCUT2D eigenvalue weighted by Crippen LogP contribution is -2.15. The van der Waals surface area contributed by atoms with Crippen LogP contribution >= 0.6 is 11.6 Å². The maximum Gasteiger partial charge on any atom is 0.249 e. The largest absolute Gasteiger partial charge is 0.497 e. The van der Waals surface area contributed by atoms with Crippen molar-refractivity contribution in [3.05, 3.63) is 45.7 Å². The van der Waals surface area contributed by atoms with Crippen molar-refractivity contribution < 1.29 is 14.2 Å². The zero-order valence-electron chi connectivity index (χ0n) is 13.7. The van der Waals surface area contributed by atoms with Crippen molar-refractivity contribution in [1.82, 2.24) is 25.6 Å². The summed E-state index contributed by atoms with van der Waals surface area (Å²) in [6.07, 6.45) is 0. The number of benzene rings is 1. The van der Waals surface area contributed by atoms with Gasteiger partial charge in [0.2, 0.25) is 11.8 Å². The molecule has 0 saturated heterocycles. The van der Waals surface area contributed by atoms with Gasteiger partial charge in [-0.3, -0.25) is 5.10 Å². The molecule has 9 heteroatoms. The fourth-order valence-corrected chi connectivity index (χ4v) is 3.28. The number of aromatic nitrogens is 5. The molecule has 0 spiro atoms. The zero-order valence-corrected chi connectivity index (χ0v) is 14.5. The standard InChI is InChI=1S/C16H14ClN5O3/c1-7-11-12(9-5-4-8(23-2)6-10(9)24-3)13-14(17)19-22-21-16(13)25-15(11)20-18-7/h4-6,12H,1-3H3,(H,18,20). The molecule has 8 nitrogen and oxygen atoms in total. The van der Waals surface area contributed by atoms with Gasteiger partial charge in [-0.1, -0.05) is 22.8 Å².